The van der Waals surface area contributed by atoms with Gasteiger partial charge in [0.05, 0.1) is 24.5 Å². The predicted molar refractivity (Wildman–Crippen MR) is 96.8 cm³/mol. The molecule has 0 amide bonds. The van der Waals surface area contributed by atoms with Gasteiger partial charge in [0.25, 0.3) is 0 Å². The fraction of sp³-hybridized carbons (Fsp3) is 0.789. The van der Waals surface area contributed by atoms with E-state index in [0.29, 0.717) is 0 Å². The van der Waals surface area contributed by atoms with Gasteiger partial charge < -0.3 is 14.4 Å². The van der Waals surface area contributed by atoms with Gasteiger partial charge in [-0.15, -0.1) is 0 Å². The minimum atomic E-state index is 0.209. The van der Waals surface area contributed by atoms with Crippen molar-refractivity contribution in [3.63, 3.8) is 0 Å². The van der Waals surface area contributed by atoms with Crippen molar-refractivity contribution in [3.8, 4) is 0 Å². The maximum absolute atomic E-state index is 5.96. The van der Waals surface area contributed by atoms with Crippen LogP contribution in [0.4, 0.5) is 5.95 Å². The van der Waals surface area contributed by atoms with Crippen LogP contribution >= 0.6 is 0 Å². The minimum absolute atomic E-state index is 0.209. The molecule has 0 saturated carbocycles. The van der Waals surface area contributed by atoms with Crippen LogP contribution in [0.2, 0.25) is 0 Å². The number of nitrogens with zero attached hydrogens (tertiary/aromatic N) is 4. The van der Waals surface area contributed by atoms with E-state index in [1.807, 2.05) is 0 Å². The van der Waals surface area contributed by atoms with Gasteiger partial charge in [-0.3, -0.25) is 4.90 Å². The Hall–Kier alpha value is -1.24. The number of morpholine rings is 1. The Morgan fingerprint density at radius 3 is 2.64 bits per heavy atom. The van der Waals surface area contributed by atoms with Crippen LogP contribution in [0.25, 0.3) is 0 Å². The van der Waals surface area contributed by atoms with Crippen molar-refractivity contribution in [3.05, 3.63) is 17.5 Å². The smallest absolute Gasteiger partial charge is 0.225 e. The molecule has 6 nitrogen and oxygen atoms in total. The van der Waals surface area contributed by atoms with E-state index in [1.165, 1.54) is 19.3 Å². The molecule has 0 bridgehead atoms. The van der Waals surface area contributed by atoms with Gasteiger partial charge >= 0.3 is 0 Å². The van der Waals surface area contributed by atoms with Crippen molar-refractivity contribution < 1.29 is 9.47 Å². The van der Waals surface area contributed by atoms with Gasteiger partial charge in [0, 0.05) is 45.0 Å². The van der Waals surface area contributed by atoms with Gasteiger partial charge in [0.15, 0.2) is 0 Å². The molecule has 0 spiro atoms. The summed E-state index contributed by atoms with van der Waals surface area (Å²) in [4.78, 5) is 14.4. The normalized spacial score (nSPS) is 28.4. The molecule has 2 atom stereocenters. The lowest BCUT2D eigenvalue weighted by molar-refractivity contribution is -0.0961. The first-order chi connectivity index (χ1) is 12.3. The molecule has 1 aromatic rings. The number of aromatic nitrogens is 2. The highest BCUT2D eigenvalue weighted by Crippen LogP contribution is 2.22. The molecule has 25 heavy (non-hydrogen) atoms. The van der Waals surface area contributed by atoms with E-state index >= 15 is 0 Å². The average molecular weight is 346 g/mol. The van der Waals surface area contributed by atoms with Gasteiger partial charge in [-0.05, 0) is 45.1 Å². The molecule has 6 heteroatoms. The van der Waals surface area contributed by atoms with E-state index in [2.05, 4.69) is 27.8 Å². The molecule has 3 fully saturated rings. The minimum Gasteiger partial charge on any atom is -0.375 e. The van der Waals surface area contributed by atoms with E-state index in [1.54, 1.807) is 0 Å². The molecule has 138 valence electrons. The van der Waals surface area contributed by atoms with Crippen LogP contribution in [-0.2, 0) is 16.0 Å². The topological polar surface area (TPSA) is 50.7 Å². The van der Waals surface area contributed by atoms with Crippen LogP contribution in [0.3, 0.4) is 0 Å². The number of aryl methyl sites for hydroxylation is 1. The molecule has 0 aliphatic carbocycles. The summed E-state index contributed by atoms with van der Waals surface area (Å²) in [6.45, 7) is 8.69. The predicted octanol–water partition coefficient (Wildman–Crippen LogP) is 2.16. The maximum atomic E-state index is 5.96. The van der Waals surface area contributed by atoms with Crippen molar-refractivity contribution in [2.75, 3.05) is 44.3 Å². The average Bonchev–Trinajstić information content (AvgIpc) is 3.17. The standard InChI is InChI=1S/C19H30N4O2/c1-15-12-16(21-19(20-15)23-7-3-2-4-8-23)13-22-9-11-25-18(14-22)17-6-5-10-24-17/h12,17-18H,2-11,13-14H2,1H3/t17-,18-/m1/s1. The Labute approximate surface area is 150 Å². The van der Waals surface area contributed by atoms with Crippen LogP contribution in [0.5, 0.6) is 0 Å². The Morgan fingerprint density at radius 2 is 1.84 bits per heavy atom. The molecule has 3 saturated heterocycles. The molecular formula is C19H30N4O2. The van der Waals surface area contributed by atoms with Crippen molar-refractivity contribution >= 4 is 5.95 Å². The zero-order valence-corrected chi connectivity index (χ0v) is 15.3. The van der Waals surface area contributed by atoms with Crippen LogP contribution in [-0.4, -0.2) is 66.5 Å². The second-order valence-electron chi connectivity index (χ2n) is 7.54. The lowest BCUT2D eigenvalue weighted by atomic mass is 10.1. The molecule has 3 aliphatic heterocycles. The number of hydrogen-bond donors (Lipinski definition) is 0. The largest absolute Gasteiger partial charge is 0.375 e. The van der Waals surface area contributed by atoms with Crippen molar-refractivity contribution in [2.24, 2.45) is 0 Å². The number of ether oxygens (including phenoxy) is 2. The monoisotopic (exact) mass is 346 g/mol. The van der Waals surface area contributed by atoms with Crippen molar-refractivity contribution in [1.82, 2.24) is 14.9 Å². The zero-order valence-electron chi connectivity index (χ0n) is 15.3. The van der Waals surface area contributed by atoms with Gasteiger partial charge in [-0.1, -0.05) is 0 Å². The molecule has 4 rings (SSSR count). The highest BCUT2D eigenvalue weighted by molar-refractivity contribution is 5.32. The van der Waals surface area contributed by atoms with Crippen LogP contribution in [0, 0.1) is 6.92 Å². The van der Waals surface area contributed by atoms with Crippen LogP contribution in [0.1, 0.15) is 43.5 Å². The van der Waals surface area contributed by atoms with E-state index in [4.69, 9.17) is 14.5 Å². The molecule has 3 aliphatic rings. The third-order valence-electron chi connectivity index (χ3n) is 5.48. The van der Waals surface area contributed by atoms with Crippen LogP contribution in [0.15, 0.2) is 6.07 Å². The molecule has 0 radical (unpaired) electrons. The van der Waals surface area contributed by atoms with E-state index < -0.39 is 0 Å². The summed E-state index contributed by atoms with van der Waals surface area (Å²) >= 11 is 0. The molecular weight excluding hydrogens is 316 g/mol. The fourth-order valence-electron chi connectivity index (χ4n) is 4.16. The number of rotatable bonds is 4. The summed E-state index contributed by atoms with van der Waals surface area (Å²) in [7, 11) is 0. The second kappa shape index (κ2) is 7.98. The van der Waals surface area contributed by atoms with E-state index in [-0.39, 0.29) is 12.2 Å². The van der Waals surface area contributed by atoms with E-state index in [9.17, 15) is 0 Å². The Bertz CT molecular complexity index is 571. The van der Waals surface area contributed by atoms with Gasteiger partial charge in [0.2, 0.25) is 5.95 Å². The molecule has 1 aromatic heterocycles. The highest BCUT2D eigenvalue weighted by Gasteiger charge is 2.31. The van der Waals surface area contributed by atoms with Crippen molar-refractivity contribution in [1.29, 1.82) is 0 Å². The Kier molecular flexibility index (Phi) is 5.48. The van der Waals surface area contributed by atoms with Gasteiger partial charge in [-0.25, -0.2) is 9.97 Å². The number of hydrogen-bond acceptors (Lipinski definition) is 6. The molecule has 4 heterocycles. The van der Waals surface area contributed by atoms with E-state index in [0.717, 1.165) is 76.1 Å². The number of piperidine rings is 1. The maximum Gasteiger partial charge on any atom is 0.225 e. The summed E-state index contributed by atoms with van der Waals surface area (Å²) in [6.07, 6.45) is 6.60. The lowest BCUT2D eigenvalue weighted by Crippen LogP contribution is -2.47. The number of anilines is 1. The third-order valence-corrected chi connectivity index (χ3v) is 5.48. The highest BCUT2D eigenvalue weighted by atomic mass is 16.5. The third kappa shape index (κ3) is 4.30. The summed E-state index contributed by atoms with van der Waals surface area (Å²) in [5.41, 5.74) is 2.19. The van der Waals surface area contributed by atoms with Gasteiger partial charge in [-0.2, -0.15) is 0 Å². The summed E-state index contributed by atoms with van der Waals surface area (Å²) in [6, 6.07) is 2.13. The quantitative estimate of drug-likeness (QED) is 0.833. The second-order valence-corrected chi connectivity index (χ2v) is 7.54. The molecule has 0 aromatic carbocycles. The van der Waals surface area contributed by atoms with Crippen molar-refractivity contribution in [2.45, 2.75) is 57.8 Å². The summed E-state index contributed by atoms with van der Waals surface area (Å²) in [5, 5.41) is 0. The van der Waals surface area contributed by atoms with Crippen LogP contribution < -0.4 is 4.90 Å². The SMILES string of the molecule is Cc1cc(CN2CCO[C@@H]([C@H]3CCCO3)C2)nc(N2CCCCC2)n1. The fourth-order valence-corrected chi connectivity index (χ4v) is 4.16. The first-order valence-electron chi connectivity index (χ1n) is 9.83. The molecule has 0 N–H and O–H groups in total. The Balaban J connectivity index is 1.41. The summed E-state index contributed by atoms with van der Waals surface area (Å²) < 4.78 is 11.8. The summed E-state index contributed by atoms with van der Waals surface area (Å²) in [5.74, 6) is 0.915. The Morgan fingerprint density at radius 1 is 1.00 bits per heavy atom. The lowest BCUT2D eigenvalue weighted by Gasteiger charge is -2.35. The first kappa shape index (κ1) is 17.2. The zero-order chi connectivity index (χ0) is 17.1. The van der Waals surface area contributed by atoms with Gasteiger partial charge in [0.1, 0.15) is 0 Å². The molecule has 0 unspecified atom stereocenters. The first-order valence-corrected chi connectivity index (χ1v) is 9.83.